The summed E-state index contributed by atoms with van der Waals surface area (Å²) in [6, 6.07) is 0. The number of aliphatic hydroxyl groups is 1. The topological polar surface area (TPSA) is 119 Å². The van der Waals surface area contributed by atoms with Crippen LogP contribution in [0.15, 0.2) is 12.2 Å². The summed E-state index contributed by atoms with van der Waals surface area (Å²) in [5, 5.41) is 9.36. The first kappa shape index (κ1) is 36.8. The van der Waals surface area contributed by atoms with Crippen molar-refractivity contribution in [2.75, 3.05) is 13.2 Å². The second-order valence-electron chi connectivity index (χ2n) is 7.41. The van der Waals surface area contributed by atoms with Crippen molar-refractivity contribution in [1.82, 2.24) is 0 Å². The quantitative estimate of drug-likeness (QED) is 0.0690. The molecule has 1 N–H and O–H groups in total. The molecule has 10 heteroatoms. The second kappa shape index (κ2) is 25.9. The summed E-state index contributed by atoms with van der Waals surface area (Å²) >= 11 is 0. The average Bonchev–Trinajstić information content (AvgIpc) is 2.67. The number of aliphatic hydroxyl groups excluding tert-OH is 1. The monoisotopic (exact) mass is 480 g/mol. The molecular weight excluding hydrogens is 441 g/mol. The molecule has 7 nitrogen and oxygen atoms in total. The molecule has 0 aliphatic rings. The number of phosphoric acid groups is 1. The Kier molecular flexibility index (Phi) is 30.8. The van der Waals surface area contributed by atoms with Gasteiger partial charge >= 0.3 is 65.1 Å². The van der Waals surface area contributed by atoms with Gasteiger partial charge in [-0.25, -0.2) is 0 Å². The largest absolute Gasteiger partial charge is 1.00 e. The van der Waals surface area contributed by atoms with Gasteiger partial charge in [-0.3, -0.25) is 4.79 Å². The summed E-state index contributed by atoms with van der Waals surface area (Å²) in [4.78, 5) is 32.1. The maximum Gasteiger partial charge on any atom is 1.00 e. The fraction of sp³-hybridized carbons (Fsp3) is 0.857. The number of esters is 1. The Labute approximate surface area is 232 Å². The molecule has 0 aromatic rings. The van der Waals surface area contributed by atoms with Crippen LogP contribution in [0.4, 0.5) is 0 Å². The number of carbonyl (C=O) groups excluding carboxylic acids is 1. The van der Waals surface area contributed by atoms with Gasteiger partial charge in [0.1, 0.15) is 12.7 Å². The third-order valence-corrected chi connectivity index (χ3v) is 4.97. The summed E-state index contributed by atoms with van der Waals surface area (Å²) in [5.74, 6) is -0.450. The number of hydrogen-bond donors (Lipinski definition) is 1. The van der Waals surface area contributed by atoms with Gasteiger partial charge in [0.25, 0.3) is 0 Å². The first-order valence-corrected chi connectivity index (χ1v) is 12.5. The van der Waals surface area contributed by atoms with E-state index in [4.69, 9.17) is 4.74 Å². The van der Waals surface area contributed by atoms with E-state index in [1.54, 1.807) is 0 Å². The first-order chi connectivity index (χ1) is 13.8. The van der Waals surface area contributed by atoms with Crippen LogP contribution in [-0.2, 0) is 18.6 Å². The second-order valence-corrected chi connectivity index (χ2v) is 8.57. The van der Waals surface area contributed by atoms with Gasteiger partial charge in [-0.15, -0.1) is 0 Å². The van der Waals surface area contributed by atoms with Crippen LogP contribution in [0.5, 0.6) is 0 Å². The number of hydrogen-bond acceptors (Lipinski definition) is 7. The summed E-state index contributed by atoms with van der Waals surface area (Å²) in [6.45, 7) is 1.15. The smallest absolute Gasteiger partial charge is 0.790 e. The molecule has 0 aromatic carbocycles. The molecule has 0 aliphatic heterocycles. The van der Waals surface area contributed by atoms with Crippen molar-refractivity contribution in [2.24, 2.45) is 0 Å². The minimum Gasteiger partial charge on any atom is -0.790 e. The van der Waals surface area contributed by atoms with Crippen molar-refractivity contribution in [2.45, 2.75) is 103 Å². The molecule has 0 bridgehead atoms. The van der Waals surface area contributed by atoms with Crippen LogP contribution in [0.1, 0.15) is 96.8 Å². The van der Waals surface area contributed by atoms with Crippen LogP contribution in [0, 0.1) is 0 Å². The first-order valence-electron chi connectivity index (χ1n) is 11.0. The molecule has 0 saturated carbocycles. The van der Waals surface area contributed by atoms with E-state index in [0.29, 0.717) is 0 Å². The summed E-state index contributed by atoms with van der Waals surface area (Å²) < 4.78 is 19.0. The molecule has 1 unspecified atom stereocenters. The normalized spacial score (nSPS) is 12.3. The third-order valence-electron chi connectivity index (χ3n) is 4.50. The van der Waals surface area contributed by atoms with Gasteiger partial charge in [-0.05, 0) is 32.1 Å². The summed E-state index contributed by atoms with van der Waals surface area (Å²) in [5.41, 5.74) is 0. The van der Waals surface area contributed by atoms with Crippen molar-refractivity contribution in [3.05, 3.63) is 12.2 Å². The Hall–Kier alpha value is 1.28. The summed E-state index contributed by atoms with van der Waals surface area (Å²) in [6.07, 6.45) is 18.8. The Morgan fingerprint density at radius 3 is 1.87 bits per heavy atom. The maximum absolute atomic E-state index is 11.5. The average molecular weight is 480 g/mol. The van der Waals surface area contributed by atoms with Gasteiger partial charge in [0.05, 0.1) is 14.4 Å². The Balaban J connectivity index is -0.00000392. The van der Waals surface area contributed by atoms with Gasteiger partial charge in [-0.2, -0.15) is 0 Å². The molecule has 1 atom stereocenters. The molecule has 0 fully saturated rings. The van der Waals surface area contributed by atoms with Crippen LogP contribution in [0.2, 0.25) is 0 Å². The zero-order valence-electron chi connectivity index (χ0n) is 19.9. The van der Waals surface area contributed by atoms with Gasteiger partial charge in [0, 0.05) is 6.42 Å². The fourth-order valence-corrected chi connectivity index (χ4v) is 3.18. The number of carbonyl (C=O) groups is 1. The van der Waals surface area contributed by atoms with Crippen LogP contribution < -0.4 is 68.9 Å². The SMILES string of the molecule is CCCCCCCC/C=C\CCCCCCCC(=O)OCC(O)COP(=O)([O-])[O-].[Na+].[Na+]. The van der Waals surface area contributed by atoms with E-state index in [2.05, 4.69) is 23.6 Å². The van der Waals surface area contributed by atoms with E-state index in [0.717, 1.165) is 38.5 Å². The van der Waals surface area contributed by atoms with Crippen molar-refractivity contribution in [3.8, 4) is 0 Å². The van der Waals surface area contributed by atoms with Gasteiger partial charge in [0.2, 0.25) is 0 Å². The molecule has 0 spiro atoms. The number of allylic oxidation sites excluding steroid dienone is 2. The van der Waals surface area contributed by atoms with E-state index in [1.165, 1.54) is 44.9 Å². The van der Waals surface area contributed by atoms with Crippen molar-refractivity contribution in [1.29, 1.82) is 0 Å². The third kappa shape index (κ3) is 31.3. The van der Waals surface area contributed by atoms with Gasteiger partial charge in [-0.1, -0.05) is 70.4 Å². The molecule has 0 aromatic heterocycles. The number of rotatable bonds is 20. The molecular formula is C21H39Na2O7P. The van der Waals surface area contributed by atoms with E-state index in [9.17, 15) is 24.3 Å². The van der Waals surface area contributed by atoms with Crippen LogP contribution in [0.3, 0.4) is 0 Å². The van der Waals surface area contributed by atoms with Crippen molar-refractivity contribution in [3.63, 3.8) is 0 Å². The zero-order valence-corrected chi connectivity index (χ0v) is 24.8. The van der Waals surface area contributed by atoms with Crippen LogP contribution in [0.25, 0.3) is 0 Å². The van der Waals surface area contributed by atoms with Crippen LogP contribution >= 0.6 is 7.82 Å². The van der Waals surface area contributed by atoms with Crippen LogP contribution in [-0.4, -0.2) is 30.4 Å². The molecule has 172 valence electrons. The number of phosphoric ester groups is 1. The molecule has 31 heavy (non-hydrogen) atoms. The Bertz CT molecular complexity index is 473. The van der Waals surface area contributed by atoms with E-state index in [1.807, 2.05) is 0 Å². The maximum atomic E-state index is 11.5. The molecule has 0 saturated heterocycles. The Morgan fingerprint density at radius 2 is 1.35 bits per heavy atom. The van der Waals surface area contributed by atoms with Gasteiger partial charge < -0.3 is 28.7 Å². The Morgan fingerprint density at radius 1 is 0.871 bits per heavy atom. The van der Waals surface area contributed by atoms with Gasteiger partial charge in [0.15, 0.2) is 0 Å². The minimum atomic E-state index is -5.12. The molecule has 0 heterocycles. The van der Waals surface area contributed by atoms with E-state index >= 15 is 0 Å². The van der Waals surface area contributed by atoms with E-state index < -0.39 is 26.5 Å². The van der Waals surface area contributed by atoms with Crippen molar-refractivity contribution < 1.29 is 92.6 Å². The number of ether oxygens (including phenoxy) is 1. The molecule has 0 rings (SSSR count). The minimum absolute atomic E-state index is 0. The number of unbranched alkanes of at least 4 members (excludes halogenated alkanes) is 11. The van der Waals surface area contributed by atoms with Crippen molar-refractivity contribution >= 4 is 13.8 Å². The summed E-state index contributed by atoms with van der Waals surface area (Å²) in [7, 11) is -5.12. The van der Waals surface area contributed by atoms with E-state index in [-0.39, 0.29) is 72.1 Å². The zero-order chi connectivity index (χ0) is 21.8. The predicted octanol–water partition coefficient (Wildman–Crippen LogP) is -2.22. The molecule has 0 amide bonds. The fourth-order valence-electron chi connectivity index (χ4n) is 2.83. The molecule has 0 radical (unpaired) electrons. The predicted molar refractivity (Wildman–Crippen MR) is 110 cm³/mol. The standard InChI is InChI=1S/C21H41O7P.2Na/c1-2-3-4-5-6-7-8-9-10-11-12-13-14-15-16-17-21(23)27-18-20(22)19-28-29(24,25)26;;/h9-10,20,22H,2-8,11-19H2,1H3,(H2,24,25,26);;/q;2*+1/p-2/b10-9-;;. The molecule has 0 aliphatic carbocycles.